The van der Waals surface area contributed by atoms with Gasteiger partial charge in [-0.25, -0.2) is 4.79 Å². The molecule has 1 amide bonds. The van der Waals surface area contributed by atoms with Gasteiger partial charge in [-0.05, 0) is 18.6 Å². The van der Waals surface area contributed by atoms with Crippen LogP contribution in [0.3, 0.4) is 0 Å². The minimum absolute atomic E-state index is 0.0953. The molecular weight excluding hydrogens is 272 g/mol. The molecule has 0 aliphatic heterocycles. The number of methoxy groups -OCH3 is 1. The number of benzene rings is 1. The van der Waals surface area contributed by atoms with Gasteiger partial charge in [0.05, 0.1) is 13.0 Å². The van der Waals surface area contributed by atoms with E-state index in [9.17, 15) is 14.7 Å². The van der Waals surface area contributed by atoms with E-state index in [0.29, 0.717) is 0 Å². The Morgan fingerprint density at radius 1 is 1.38 bits per heavy atom. The fourth-order valence-electron chi connectivity index (χ4n) is 2.24. The molecule has 1 heterocycles. The Balaban J connectivity index is 2.12. The molecule has 1 aromatic heterocycles. The second-order valence-corrected chi connectivity index (χ2v) is 5.15. The molecule has 0 saturated carbocycles. The van der Waals surface area contributed by atoms with E-state index in [-0.39, 0.29) is 18.9 Å². The first-order chi connectivity index (χ1) is 9.96. The van der Waals surface area contributed by atoms with Crippen molar-refractivity contribution in [1.29, 1.82) is 0 Å². The molecule has 1 unspecified atom stereocenters. The smallest absolute Gasteiger partial charge is 0.331 e. The molecular formula is C15H18N2O4. The first-order valence-electron chi connectivity index (χ1n) is 6.54. The Kier molecular flexibility index (Phi) is 4.28. The first-order valence-corrected chi connectivity index (χ1v) is 6.54. The van der Waals surface area contributed by atoms with Crippen LogP contribution < -0.4 is 5.32 Å². The van der Waals surface area contributed by atoms with Crippen molar-refractivity contribution < 1.29 is 19.4 Å². The molecule has 2 aromatic rings. The normalized spacial score (nSPS) is 13.8. The molecule has 1 aromatic carbocycles. The second kappa shape index (κ2) is 5.97. The molecule has 0 saturated heterocycles. The molecule has 2 rings (SSSR count). The zero-order valence-electron chi connectivity index (χ0n) is 12.0. The topological polar surface area (TPSA) is 91.4 Å². The van der Waals surface area contributed by atoms with E-state index in [0.717, 1.165) is 16.5 Å². The Hall–Kier alpha value is -2.34. The number of aliphatic carboxylic acids is 1. The SMILES string of the molecule is COCC(C)(NC(=O)Cc1c[nH]c2ccccc12)C(=O)O. The summed E-state index contributed by atoms with van der Waals surface area (Å²) in [4.78, 5) is 26.4. The minimum Gasteiger partial charge on any atom is -0.479 e. The van der Waals surface area contributed by atoms with E-state index in [1.807, 2.05) is 24.3 Å². The number of aromatic amines is 1. The number of carboxylic acids is 1. The lowest BCUT2D eigenvalue weighted by atomic mass is 10.0. The van der Waals surface area contributed by atoms with Gasteiger partial charge in [0.2, 0.25) is 5.91 Å². The van der Waals surface area contributed by atoms with Gasteiger partial charge < -0.3 is 20.1 Å². The molecule has 0 aliphatic rings. The number of amides is 1. The van der Waals surface area contributed by atoms with Crippen LogP contribution in [0, 0.1) is 0 Å². The monoisotopic (exact) mass is 290 g/mol. The van der Waals surface area contributed by atoms with Crippen LogP contribution in [0.1, 0.15) is 12.5 Å². The van der Waals surface area contributed by atoms with E-state index in [4.69, 9.17) is 4.74 Å². The third kappa shape index (κ3) is 3.22. The number of para-hydroxylation sites is 1. The molecule has 112 valence electrons. The standard InChI is InChI=1S/C15H18N2O4/c1-15(9-21-2,14(19)20)17-13(18)7-10-8-16-12-6-4-3-5-11(10)12/h3-6,8,16H,7,9H2,1-2H3,(H,17,18)(H,19,20). The number of H-pyrrole nitrogens is 1. The van der Waals surface area contributed by atoms with Crippen LogP contribution in [0.2, 0.25) is 0 Å². The van der Waals surface area contributed by atoms with Crippen molar-refractivity contribution in [1.82, 2.24) is 10.3 Å². The van der Waals surface area contributed by atoms with Crippen LogP contribution in [0.4, 0.5) is 0 Å². The number of aromatic nitrogens is 1. The van der Waals surface area contributed by atoms with E-state index < -0.39 is 11.5 Å². The van der Waals surface area contributed by atoms with Crippen molar-refractivity contribution >= 4 is 22.8 Å². The Morgan fingerprint density at radius 2 is 2.10 bits per heavy atom. The number of ether oxygens (including phenoxy) is 1. The molecule has 0 bridgehead atoms. The van der Waals surface area contributed by atoms with E-state index in [1.54, 1.807) is 6.20 Å². The number of nitrogens with one attached hydrogen (secondary N) is 2. The van der Waals surface area contributed by atoms with Gasteiger partial charge in [0.25, 0.3) is 0 Å². The average Bonchev–Trinajstić information content (AvgIpc) is 2.82. The summed E-state index contributed by atoms with van der Waals surface area (Å²) in [5.74, 6) is -1.49. The van der Waals surface area contributed by atoms with Gasteiger partial charge in [-0.1, -0.05) is 18.2 Å². The van der Waals surface area contributed by atoms with Gasteiger partial charge in [0.15, 0.2) is 5.54 Å². The lowest BCUT2D eigenvalue weighted by Crippen LogP contribution is -2.55. The van der Waals surface area contributed by atoms with Gasteiger partial charge >= 0.3 is 5.97 Å². The predicted octanol–water partition coefficient (Wildman–Crippen LogP) is 1.32. The number of carbonyl (C=O) groups excluding carboxylic acids is 1. The number of carboxylic acid groups (broad SMARTS) is 1. The molecule has 0 fully saturated rings. The number of hydrogen-bond acceptors (Lipinski definition) is 3. The summed E-state index contributed by atoms with van der Waals surface area (Å²) < 4.78 is 4.87. The summed E-state index contributed by atoms with van der Waals surface area (Å²) in [5, 5.41) is 12.7. The molecule has 21 heavy (non-hydrogen) atoms. The Morgan fingerprint density at radius 3 is 2.76 bits per heavy atom. The van der Waals surface area contributed by atoms with Crippen LogP contribution >= 0.6 is 0 Å². The first kappa shape index (κ1) is 15.1. The fraction of sp³-hybridized carbons (Fsp3) is 0.333. The highest BCUT2D eigenvalue weighted by molar-refractivity contribution is 5.91. The molecule has 0 spiro atoms. The highest BCUT2D eigenvalue weighted by Crippen LogP contribution is 2.18. The molecule has 3 N–H and O–H groups in total. The van der Waals surface area contributed by atoms with Gasteiger partial charge in [0.1, 0.15) is 0 Å². The summed E-state index contributed by atoms with van der Waals surface area (Å²) >= 11 is 0. The summed E-state index contributed by atoms with van der Waals surface area (Å²) in [6.45, 7) is 1.33. The molecule has 6 heteroatoms. The van der Waals surface area contributed by atoms with Crippen molar-refractivity contribution in [3.63, 3.8) is 0 Å². The molecule has 6 nitrogen and oxygen atoms in total. The quantitative estimate of drug-likeness (QED) is 0.748. The summed E-state index contributed by atoms with van der Waals surface area (Å²) in [6, 6.07) is 7.63. The van der Waals surface area contributed by atoms with E-state index in [1.165, 1.54) is 14.0 Å². The molecule has 0 radical (unpaired) electrons. The average molecular weight is 290 g/mol. The van der Waals surface area contributed by atoms with E-state index in [2.05, 4.69) is 10.3 Å². The lowest BCUT2D eigenvalue weighted by molar-refractivity contribution is -0.149. The summed E-state index contributed by atoms with van der Waals surface area (Å²) in [5.41, 5.74) is 0.337. The largest absolute Gasteiger partial charge is 0.479 e. The van der Waals surface area contributed by atoms with E-state index >= 15 is 0 Å². The highest BCUT2D eigenvalue weighted by Gasteiger charge is 2.34. The lowest BCUT2D eigenvalue weighted by Gasteiger charge is -2.25. The summed E-state index contributed by atoms with van der Waals surface area (Å²) in [7, 11) is 1.40. The zero-order chi connectivity index (χ0) is 15.5. The number of fused-ring (bicyclic) bond motifs is 1. The van der Waals surface area contributed by atoms with Crippen molar-refractivity contribution in [3.05, 3.63) is 36.0 Å². The van der Waals surface area contributed by atoms with Crippen LogP contribution in [0.5, 0.6) is 0 Å². The van der Waals surface area contributed by atoms with Crippen molar-refractivity contribution in [3.8, 4) is 0 Å². The predicted molar refractivity (Wildman–Crippen MR) is 78.1 cm³/mol. The van der Waals surface area contributed by atoms with Crippen LogP contribution in [0.15, 0.2) is 30.5 Å². The van der Waals surface area contributed by atoms with Gasteiger partial charge in [-0.15, -0.1) is 0 Å². The third-order valence-corrected chi connectivity index (χ3v) is 3.35. The maximum absolute atomic E-state index is 12.1. The highest BCUT2D eigenvalue weighted by atomic mass is 16.5. The van der Waals surface area contributed by atoms with Gasteiger partial charge in [-0.3, -0.25) is 4.79 Å². The summed E-state index contributed by atoms with van der Waals surface area (Å²) in [6.07, 6.45) is 1.87. The van der Waals surface area contributed by atoms with Crippen LogP contribution in [-0.4, -0.2) is 41.2 Å². The van der Waals surface area contributed by atoms with Crippen molar-refractivity contribution in [2.24, 2.45) is 0 Å². The number of rotatable bonds is 6. The Bertz CT molecular complexity index is 664. The maximum Gasteiger partial charge on any atom is 0.331 e. The third-order valence-electron chi connectivity index (χ3n) is 3.35. The molecule has 1 atom stereocenters. The van der Waals surface area contributed by atoms with Gasteiger partial charge in [0, 0.05) is 24.2 Å². The van der Waals surface area contributed by atoms with Crippen LogP contribution in [-0.2, 0) is 20.7 Å². The fourth-order valence-corrected chi connectivity index (χ4v) is 2.24. The van der Waals surface area contributed by atoms with Gasteiger partial charge in [-0.2, -0.15) is 0 Å². The second-order valence-electron chi connectivity index (χ2n) is 5.15. The van der Waals surface area contributed by atoms with Crippen molar-refractivity contribution in [2.45, 2.75) is 18.9 Å². The maximum atomic E-state index is 12.1. The number of carbonyl (C=O) groups is 2. The molecule has 0 aliphatic carbocycles. The van der Waals surface area contributed by atoms with Crippen molar-refractivity contribution in [2.75, 3.05) is 13.7 Å². The number of hydrogen-bond donors (Lipinski definition) is 3. The minimum atomic E-state index is -1.43. The Labute approximate surface area is 122 Å². The van der Waals surface area contributed by atoms with Crippen LogP contribution in [0.25, 0.3) is 10.9 Å². The zero-order valence-corrected chi connectivity index (χ0v) is 12.0.